The first kappa shape index (κ1) is 9.31. The van der Waals surface area contributed by atoms with Crippen LogP contribution in [0.5, 0.6) is 0 Å². The molecule has 1 saturated carbocycles. The lowest BCUT2D eigenvalue weighted by Gasteiger charge is -2.27. The molecule has 1 fully saturated rings. The Labute approximate surface area is 84.9 Å². The van der Waals surface area contributed by atoms with Gasteiger partial charge in [0.15, 0.2) is 0 Å². The maximum atomic E-state index is 5.91. The molecule has 0 unspecified atom stereocenters. The molecule has 3 nitrogen and oxygen atoms in total. The lowest BCUT2D eigenvalue weighted by molar-refractivity contribution is 0.653. The van der Waals surface area contributed by atoms with Crippen LogP contribution >= 0.6 is 0 Å². The van der Waals surface area contributed by atoms with Crippen LogP contribution in [0.15, 0.2) is 18.5 Å². The first-order valence-electron chi connectivity index (χ1n) is 5.21. The number of hydrogen-bond donors (Lipinski definition) is 1. The third-order valence-electron chi connectivity index (χ3n) is 3.09. The molecule has 0 atom stereocenters. The van der Waals surface area contributed by atoms with E-state index < -0.39 is 0 Å². The number of hydrogen-bond acceptors (Lipinski definition) is 3. The van der Waals surface area contributed by atoms with Gasteiger partial charge in [-0.15, -0.1) is 0 Å². The van der Waals surface area contributed by atoms with Crippen LogP contribution in [-0.4, -0.2) is 18.1 Å². The highest BCUT2D eigenvalue weighted by Gasteiger charge is 2.20. The number of anilines is 2. The van der Waals surface area contributed by atoms with E-state index in [0.717, 1.165) is 11.4 Å². The Morgan fingerprint density at radius 1 is 1.43 bits per heavy atom. The van der Waals surface area contributed by atoms with Gasteiger partial charge in [0, 0.05) is 19.3 Å². The van der Waals surface area contributed by atoms with E-state index in [9.17, 15) is 0 Å². The third-order valence-corrected chi connectivity index (χ3v) is 3.09. The largest absolute Gasteiger partial charge is 0.397 e. The Kier molecular flexibility index (Phi) is 2.57. The van der Waals surface area contributed by atoms with Gasteiger partial charge >= 0.3 is 0 Å². The summed E-state index contributed by atoms with van der Waals surface area (Å²) in [5.41, 5.74) is 7.80. The Hall–Kier alpha value is -1.25. The molecule has 14 heavy (non-hydrogen) atoms. The van der Waals surface area contributed by atoms with E-state index in [-0.39, 0.29) is 0 Å². The molecule has 0 spiro atoms. The minimum Gasteiger partial charge on any atom is -0.397 e. The van der Waals surface area contributed by atoms with E-state index in [1.807, 2.05) is 12.3 Å². The first-order valence-corrected chi connectivity index (χ1v) is 5.21. The average Bonchev–Trinajstić information content (AvgIpc) is 2.70. The number of pyridine rings is 1. The number of rotatable bonds is 2. The summed E-state index contributed by atoms with van der Waals surface area (Å²) in [5, 5.41) is 0. The van der Waals surface area contributed by atoms with E-state index >= 15 is 0 Å². The van der Waals surface area contributed by atoms with Crippen molar-refractivity contribution < 1.29 is 0 Å². The van der Waals surface area contributed by atoms with Gasteiger partial charge in [-0.05, 0) is 18.9 Å². The van der Waals surface area contributed by atoms with Crippen LogP contribution in [0.2, 0.25) is 0 Å². The van der Waals surface area contributed by atoms with Gasteiger partial charge in [-0.1, -0.05) is 12.8 Å². The van der Waals surface area contributed by atoms with Gasteiger partial charge in [-0.2, -0.15) is 0 Å². The van der Waals surface area contributed by atoms with Crippen LogP contribution < -0.4 is 10.6 Å². The molecular weight excluding hydrogens is 174 g/mol. The molecular formula is C11H17N3. The van der Waals surface area contributed by atoms with Gasteiger partial charge in [-0.25, -0.2) is 0 Å². The second-order valence-corrected chi connectivity index (χ2v) is 3.98. The average molecular weight is 191 g/mol. The van der Waals surface area contributed by atoms with Crippen molar-refractivity contribution in [2.45, 2.75) is 31.7 Å². The summed E-state index contributed by atoms with van der Waals surface area (Å²) in [4.78, 5) is 6.39. The molecule has 2 N–H and O–H groups in total. The van der Waals surface area contributed by atoms with Crippen LogP contribution in [0.3, 0.4) is 0 Å². The van der Waals surface area contributed by atoms with Crippen molar-refractivity contribution in [2.24, 2.45) is 0 Å². The molecule has 1 aromatic rings. The summed E-state index contributed by atoms with van der Waals surface area (Å²) in [7, 11) is 2.11. The minimum atomic E-state index is 0.654. The standard InChI is InChI=1S/C11H17N3/c1-14(9-4-2-3-5-9)11-8-13-7-6-10(11)12/h6-9H,2-5H2,1H3,(H2,12,13). The Morgan fingerprint density at radius 3 is 2.79 bits per heavy atom. The molecule has 1 heterocycles. The normalized spacial score (nSPS) is 17.2. The monoisotopic (exact) mass is 191 g/mol. The smallest absolute Gasteiger partial charge is 0.0786 e. The molecule has 1 aliphatic carbocycles. The molecule has 0 radical (unpaired) electrons. The molecule has 0 aliphatic heterocycles. The zero-order chi connectivity index (χ0) is 9.97. The van der Waals surface area contributed by atoms with Gasteiger partial charge in [0.1, 0.15) is 0 Å². The molecule has 3 heteroatoms. The second kappa shape index (κ2) is 3.86. The minimum absolute atomic E-state index is 0.654. The van der Waals surface area contributed by atoms with E-state index in [1.165, 1.54) is 25.7 Å². The van der Waals surface area contributed by atoms with Crippen LogP contribution in [0.25, 0.3) is 0 Å². The zero-order valence-electron chi connectivity index (χ0n) is 8.61. The molecule has 2 rings (SSSR count). The highest BCUT2D eigenvalue weighted by Crippen LogP contribution is 2.29. The van der Waals surface area contributed by atoms with Crippen LogP contribution in [0.4, 0.5) is 11.4 Å². The number of nitrogens with two attached hydrogens (primary N) is 1. The first-order chi connectivity index (χ1) is 6.79. The SMILES string of the molecule is CN(c1cnccc1N)C1CCCC1. The number of nitrogens with zero attached hydrogens (tertiary/aromatic N) is 2. The van der Waals surface area contributed by atoms with Crippen molar-refractivity contribution in [1.82, 2.24) is 4.98 Å². The van der Waals surface area contributed by atoms with Crippen molar-refractivity contribution in [3.8, 4) is 0 Å². The summed E-state index contributed by atoms with van der Waals surface area (Å²) < 4.78 is 0. The Balaban J connectivity index is 2.17. The lowest BCUT2D eigenvalue weighted by atomic mass is 10.2. The molecule has 0 bridgehead atoms. The van der Waals surface area contributed by atoms with Crippen molar-refractivity contribution >= 4 is 11.4 Å². The predicted molar refractivity (Wildman–Crippen MR) is 59.3 cm³/mol. The van der Waals surface area contributed by atoms with Gasteiger partial charge in [0.2, 0.25) is 0 Å². The molecule has 1 aromatic heterocycles. The van der Waals surface area contributed by atoms with E-state index in [2.05, 4.69) is 16.9 Å². The maximum Gasteiger partial charge on any atom is 0.0786 e. The van der Waals surface area contributed by atoms with Crippen molar-refractivity contribution in [2.75, 3.05) is 17.7 Å². The fraction of sp³-hybridized carbons (Fsp3) is 0.545. The summed E-state index contributed by atoms with van der Waals surface area (Å²) in [5.74, 6) is 0. The molecule has 76 valence electrons. The Morgan fingerprint density at radius 2 is 2.14 bits per heavy atom. The van der Waals surface area contributed by atoms with E-state index in [4.69, 9.17) is 5.73 Å². The van der Waals surface area contributed by atoms with Gasteiger partial charge in [-0.3, -0.25) is 4.98 Å². The van der Waals surface area contributed by atoms with Gasteiger partial charge < -0.3 is 10.6 Å². The Bertz CT molecular complexity index is 305. The van der Waals surface area contributed by atoms with Crippen LogP contribution in [0, 0.1) is 0 Å². The fourth-order valence-corrected chi connectivity index (χ4v) is 2.18. The van der Waals surface area contributed by atoms with Crippen molar-refractivity contribution in [3.63, 3.8) is 0 Å². The predicted octanol–water partition coefficient (Wildman–Crippen LogP) is 2.04. The highest BCUT2D eigenvalue weighted by molar-refractivity contribution is 5.65. The van der Waals surface area contributed by atoms with E-state index in [1.54, 1.807) is 6.20 Å². The van der Waals surface area contributed by atoms with Gasteiger partial charge in [0.05, 0.1) is 17.6 Å². The molecule has 0 aromatic carbocycles. The van der Waals surface area contributed by atoms with Crippen molar-refractivity contribution in [3.05, 3.63) is 18.5 Å². The lowest BCUT2D eigenvalue weighted by Crippen LogP contribution is -2.29. The topological polar surface area (TPSA) is 42.2 Å². The van der Waals surface area contributed by atoms with Crippen LogP contribution in [-0.2, 0) is 0 Å². The van der Waals surface area contributed by atoms with E-state index in [0.29, 0.717) is 6.04 Å². The summed E-state index contributed by atoms with van der Waals surface area (Å²) >= 11 is 0. The number of nitrogen functional groups attached to an aromatic ring is 1. The summed E-state index contributed by atoms with van der Waals surface area (Å²) in [6.07, 6.45) is 8.84. The number of aromatic nitrogens is 1. The summed E-state index contributed by atoms with van der Waals surface area (Å²) in [6, 6.07) is 2.52. The zero-order valence-corrected chi connectivity index (χ0v) is 8.61. The third kappa shape index (κ3) is 1.67. The maximum absolute atomic E-state index is 5.91. The van der Waals surface area contributed by atoms with Crippen LogP contribution in [0.1, 0.15) is 25.7 Å². The molecule has 1 aliphatic rings. The fourth-order valence-electron chi connectivity index (χ4n) is 2.18. The molecule has 0 saturated heterocycles. The van der Waals surface area contributed by atoms with Crippen molar-refractivity contribution in [1.29, 1.82) is 0 Å². The highest BCUT2D eigenvalue weighted by atomic mass is 15.1. The second-order valence-electron chi connectivity index (χ2n) is 3.98. The summed E-state index contributed by atoms with van der Waals surface area (Å²) in [6.45, 7) is 0. The molecule has 0 amide bonds. The quantitative estimate of drug-likeness (QED) is 0.777. The van der Waals surface area contributed by atoms with Gasteiger partial charge in [0.25, 0.3) is 0 Å².